The SMILES string of the molecule is CN(C)S(=O)(=O)c1ccc(CC2CCNCC2)cc1.Cl. The minimum atomic E-state index is -3.30. The van der Waals surface area contributed by atoms with E-state index < -0.39 is 10.0 Å². The fraction of sp³-hybridized carbons (Fsp3) is 0.571. The second kappa shape index (κ2) is 7.41. The Balaban J connectivity index is 0.00000200. The smallest absolute Gasteiger partial charge is 0.242 e. The summed E-state index contributed by atoms with van der Waals surface area (Å²) in [5.41, 5.74) is 1.23. The predicted molar refractivity (Wildman–Crippen MR) is 83.9 cm³/mol. The van der Waals surface area contributed by atoms with Crippen LogP contribution in [-0.2, 0) is 16.4 Å². The maximum atomic E-state index is 12.0. The van der Waals surface area contributed by atoms with Gasteiger partial charge in [0.2, 0.25) is 10.0 Å². The second-order valence-electron chi connectivity index (χ2n) is 5.33. The van der Waals surface area contributed by atoms with Gasteiger partial charge in [0.15, 0.2) is 0 Å². The van der Waals surface area contributed by atoms with Gasteiger partial charge in [0.1, 0.15) is 0 Å². The van der Waals surface area contributed by atoms with Crippen molar-refractivity contribution >= 4 is 22.4 Å². The maximum Gasteiger partial charge on any atom is 0.242 e. The van der Waals surface area contributed by atoms with E-state index in [0.29, 0.717) is 4.90 Å². The summed E-state index contributed by atoms with van der Waals surface area (Å²) < 4.78 is 25.1. The van der Waals surface area contributed by atoms with E-state index in [1.165, 1.54) is 22.7 Å². The minimum absolute atomic E-state index is 0. The Bertz CT molecular complexity index is 508. The van der Waals surface area contributed by atoms with Crippen LogP contribution < -0.4 is 5.32 Å². The molecule has 4 nitrogen and oxygen atoms in total. The van der Waals surface area contributed by atoms with E-state index in [2.05, 4.69) is 5.32 Å². The number of hydrogen-bond acceptors (Lipinski definition) is 3. The molecule has 0 unspecified atom stereocenters. The third-order valence-corrected chi connectivity index (χ3v) is 5.51. The molecule has 0 spiro atoms. The molecule has 0 aromatic heterocycles. The Kier molecular flexibility index (Phi) is 6.45. The molecule has 1 N–H and O–H groups in total. The molecule has 0 aliphatic carbocycles. The first-order chi connectivity index (χ1) is 9.00. The number of benzene rings is 1. The van der Waals surface area contributed by atoms with E-state index in [1.54, 1.807) is 26.2 Å². The van der Waals surface area contributed by atoms with Gasteiger partial charge in [-0.15, -0.1) is 12.4 Å². The molecular formula is C14H23ClN2O2S. The Morgan fingerprint density at radius 1 is 1.15 bits per heavy atom. The number of nitrogens with one attached hydrogen (secondary N) is 1. The lowest BCUT2D eigenvalue weighted by atomic mass is 9.91. The van der Waals surface area contributed by atoms with Gasteiger partial charge in [-0.3, -0.25) is 0 Å². The topological polar surface area (TPSA) is 49.4 Å². The zero-order chi connectivity index (χ0) is 13.9. The highest BCUT2D eigenvalue weighted by molar-refractivity contribution is 7.89. The van der Waals surface area contributed by atoms with Crippen LogP contribution in [0.4, 0.5) is 0 Å². The molecule has 1 saturated heterocycles. The fourth-order valence-corrected chi connectivity index (χ4v) is 3.33. The van der Waals surface area contributed by atoms with E-state index in [-0.39, 0.29) is 12.4 Å². The van der Waals surface area contributed by atoms with Crippen LogP contribution in [0.25, 0.3) is 0 Å². The maximum absolute atomic E-state index is 12.0. The van der Waals surface area contributed by atoms with E-state index in [0.717, 1.165) is 25.4 Å². The lowest BCUT2D eigenvalue weighted by Gasteiger charge is -2.22. The normalized spacial score (nSPS) is 16.9. The number of nitrogens with zero attached hydrogens (tertiary/aromatic N) is 1. The molecule has 0 amide bonds. The van der Waals surface area contributed by atoms with E-state index in [1.807, 2.05) is 12.1 Å². The fourth-order valence-electron chi connectivity index (χ4n) is 2.43. The number of hydrogen-bond donors (Lipinski definition) is 1. The van der Waals surface area contributed by atoms with Gasteiger partial charge in [-0.05, 0) is 56.0 Å². The van der Waals surface area contributed by atoms with Crippen molar-refractivity contribution < 1.29 is 8.42 Å². The summed E-state index contributed by atoms with van der Waals surface area (Å²) in [5, 5.41) is 3.36. The molecule has 6 heteroatoms. The number of piperidine rings is 1. The molecule has 114 valence electrons. The molecular weight excluding hydrogens is 296 g/mol. The highest BCUT2D eigenvalue weighted by Crippen LogP contribution is 2.20. The largest absolute Gasteiger partial charge is 0.317 e. The zero-order valence-corrected chi connectivity index (χ0v) is 13.6. The first-order valence-electron chi connectivity index (χ1n) is 6.72. The van der Waals surface area contributed by atoms with Crippen LogP contribution in [0.15, 0.2) is 29.2 Å². The van der Waals surface area contributed by atoms with Crippen LogP contribution >= 0.6 is 12.4 Å². The summed E-state index contributed by atoms with van der Waals surface area (Å²) in [7, 11) is -0.196. The van der Waals surface area contributed by atoms with Crippen molar-refractivity contribution in [3.63, 3.8) is 0 Å². The van der Waals surface area contributed by atoms with Gasteiger partial charge >= 0.3 is 0 Å². The molecule has 1 aromatic rings. The van der Waals surface area contributed by atoms with Crippen molar-refractivity contribution in [1.82, 2.24) is 9.62 Å². The van der Waals surface area contributed by atoms with Gasteiger partial charge in [-0.1, -0.05) is 12.1 Å². The molecule has 0 bridgehead atoms. The van der Waals surface area contributed by atoms with Crippen molar-refractivity contribution in [3.8, 4) is 0 Å². The van der Waals surface area contributed by atoms with Crippen molar-refractivity contribution in [3.05, 3.63) is 29.8 Å². The van der Waals surface area contributed by atoms with Crippen molar-refractivity contribution in [2.24, 2.45) is 5.92 Å². The van der Waals surface area contributed by atoms with Gasteiger partial charge in [0.25, 0.3) is 0 Å². The van der Waals surface area contributed by atoms with Crippen LogP contribution in [0.1, 0.15) is 18.4 Å². The van der Waals surface area contributed by atoms with Crippen molar-refractivity contribution in [2.75, 3.05) is 27.2 Å². The highest BCUT2D eigenvalue weighted by Gasteiger charge is 2.17. The lowest BCUT2D eigenvalue weighted by molar-refractivity contribution is 0.372. The summed E-state index contributed by atoms with van der Waals surface area (Å²) in [5.74, 6) is 0.720. The molecule has 1 aliphatic rings. The third-order valence-electron chi connectivity index (χ3n) is 3.69. The van der Waals surface area contributed by atoms with Gasteiger partial charge in [-0.2, -0.15) is 0 Å². The summed E-state index contributed by atoms with van der Waals surface area (Å²) in [4.78, 5) is 0.367. The molecule has 0 saturated carbocycles. The van der Waals surface area contributed by atoms with E-state index in [4.69, 9.17) is 0 Å². The molecule has 1 heterocycles. The molecule has 1 aromatic carbocycles. The first kappa shape index (κ1) is 17.4. The summed E-state index contributed by atoms with van der Waals surface area (Å²) in [6.07, 6.45) is 3.46. The molecule has 0 radical (unpaired) electrons. The van der Waals surface area contributed by atoms with Crippen LogP contribution in [0, 0.1) is 5.92 Å². The predicted octanol–water partition coefficient (Wildman–Crippen LogP) is 1.90. The quantitative estimate of drug-likeness (QED) is 0.922. The van der Waals surface area contributed by atoms with Crippen LogP contribution in [0.3, 0.4) is 0 Å². The summed E-state index contributed by atoms with van der Waals surface area (Å²) in [6, 6.07) is 7.31. The number of rotatable bonds is 4. The second-order valence-corrected chi connectivity index (χ2v) is 7.48. The van der Waals surface area contributed by atoms with Gasteiger partial charge < -0.3 is 5.32 Å². The Morgan fingerprint density at radius 3 is 2.20 bits per heavy atom. The Hall–Kier alpha value is -0.620. The van der Waals surface area contributed by atoms with Crippen molar-refractivity contribution in [1.29, 1.82) is 0 Å². The van der Waals surface area contributed by atoms with Gasteiger partial charge in [0.05, 0.1) is 4.90 Å². The highest BCUT2D eigenvalue weighted by atomic mass is 35.5. The summed E-state index contributed by atoms with van der Waals surface area (Å²) >= 11 is 0. The summed E-state index contributed by atoms with van der Waals surface area (Å²) in [6.45, 7) is 2.19. The van der Waals surface area contributed by atoms with Crippen LogP contribution in [-0.4, -0.2) is 39.9 Å². The Morgan fingerprint density at radius 2 is 1.70 bits per heavy atom. The zero-order valence-electron chi connectivity index (χ0n) is 12.0. The average Bonchev–Trinajstić information content (AvgIpc) is 2.40. The van der Waals surface area contributed by atoms with Crippen molar-refractivity contribution in [2.45, 2.75) is 24.2 Å². The number of halogens is 1. The third kappa shape index (κ3) is 4.19. The Labute approximate surface area is 128 Å². The van der Waals surface area contributed by atoms with E-state index in [9.17, 15) is 8.42 Å². The standard InChI is InChI=1S/C14H22N2O2S.ClH/c1-16(2)19(17,18)14-5-3-12(4-6-14)11-13-7-9-15-10-8-13;/h3-6,13,15H,7-11H2,1-2H3;1H. The molecule has 20 heavy (non-hydrogen) atoms. The van der Waals surface area contributed by atoms with E-state index >= 15 is 0 Å². The monoisotopic (exact) mass is 318 g/mol. The van der Waals surface area contributed by atoms with Gasteiger partial charge in [0, 0.05) is 14.1 Å². The van der Waals surface area contributed by atoms with Gasteiger partial charge in [-0.25, -0.2) is 12.7 Å². The lowest BCUT2D eigenvalue weighted by Crippen LogP contribution is -2.28. The number of sulfonamides is 1. The van der Waals surface area contributed by atoms with Crippen LogP contribution in [0.2, 0.25) is 0 Å². The molecule has 2 rings (SSSR count). The molecule has 1 fully saturated rings. The van der Waals surface area contributed by atoms with Crippen LogP contribution in [0.5, 0.6) is 0 Å². The molecule has 1 aliphatic heterocycles. The first-order valence-corrected chi connectivity index (χ1v) is 8.16. The molecule has 0 atom stereocenters. The average molecular weight is 319 g/mol. The minimum Gasteiger partial charge on any atom is -0.317 e.